The first kappa shape index (κ1) is 14.3. The van der Waals surface area contributed by atoms with Crippen molar-refractivity contribution in [3.8, 4) is 5.75 Å². The number of ketones is 1. The fraction of sp³-hybridized carbons (Fsp3) is 0.294. The Labute approximate surface area is 119 Å². The van der Waals surface area contributed by atoms with Gasteiger partial charge in [-0.25, -0.2) is 0 Å². The predicted octanol–water partition coefficient (Wildman–Crippen LogP) is 3.66. The molecular weight excluding hydrogens is 250 g/mol. The van der Waals surface area contributed by atoms with Crippen LogP contribution in [0.4, 0.5) is 0 Å². The van der Waals surface area contributed by atoms with E-state index in [1.54, 1.807) is 18.5 Å². The van der Waals surface area contributed by atoms with E-state index in [0.29, 0.717) is 16.9 Å². The Morgan fingerprint density at radius 1 is 1.15 bits per heavy atom. The van der Waals surface area contributed by atoms with E-state index in [4.69, 9.17) is 4.74 Å². The van der Waals surface area contributed by atoms with Gasteiger partial charge in [0, 0.05) is 17.3 Å². The Balaban J connectivity index is 2.23. The molecule has 1 heterocycles. The SMILES string of the molecule is CCc1ccc(C(=O)c2cncc(OC(C)C)c2)cc1. The van der Waals surface area contributed by atoms with Crippen LogP contribution in [0, 0.1) is 0 Å². The molecule has 0 radical (unpaired) electrons. The molecule has 0 saturated heterocycles. The van der Waals surface area contributed by atoms with Crippen LogP contribution >= 0.6 is 0 Å². The minimum atomic E-state index is -0.0330. The number of rotatable bonds is 5. The maximum Gasteiger partial charge on any atom is 0.194 e. The van der Waals surface area contributed by atoms with Crippen molar-refractivity contribution < 1.29 is 9.53 Å². The van der Waals surface area contributed by atoms with Crippen LogP contribution in [0.25, 0.3) is 0 Å². The van der Waals surface area contributed by atoms with Crippen molar-refractivity contribution in [2.24, 2.45) is 0 Å². The number of aromatic nitrogens is 1. The number of benzene rings is 1. The van der Waals surface area contributed by atoms with Crippen LogP contribution in [0.3, 0.4) is 0 Å². The lowest BCUT2D eigenvalue weighted by Crippen LogP contribution is -2.08. The molecular formula is C17H19NO2. The lowest BCUT2D eigenvalue weighted by atomic mass is 10.0. The van der Waals surface area contributed by atoms with E-state index in [1.165, 1.54) is 5.56 Å². The highest BCUT2D eigenvalue weighted by Crippen LogP contribution is 2.16. The first-order valence-electron chi connectivity index (χ1n) is 6.85. The summed E-state index contributed by atoms with van der Waals surface area (Å²) in [6.07, 6.45) is 4.22. The van der Waals surface area contributed by atoms with Gasteiger partial charge in [-0.1, -0.05) is 31.2 Å². The van der Waals surface area contributed by atoms with Crippen LogP contribution in [-0.4, -0.2) is 16.9 Å². The van der Waals surface area contributed by atoms with Gasteiger partial charge in [-0.2, -0.15) is 0 Å². The third kappa shape index (κ3) is 3.44. The molecule has 3 heteroatoms. The lowest BCUT2D eigenvalue weighted by molar-refractivity contribution is 0.103. The van der Waals surface area contributed by atoms with Gasteiger partial charge >= 0.3 is 0 Å². The minimum Gasteiger partial charge on any atom is -0.489 e. The van der Waals surface area contributed by atoms with E-state index in [1.807, 2.05) is 38.1 Å². The Kier molecular flexibility index (Phi) is 4.51. The summed E-state index contributed by atoms with van der Waals surface area (Å²) in [6, 6.07) is 9.42. The molecule has 0 fully saturated rings. The van der Waals surface area contributed by atoms with Crippen LogP contribution in [0.1, 0.15) is 42.3 Å². The normalized spacial score (nSPS) is 10.6. The summed E-state index contributed by atoms with van der Waals surface area (Å²) in [5.74, 6) is 0.588. The quantitative estimate of drug-likeness (QED) is 0.777. The fourth-order valence-electron chi connectivity index (χ4n) is 1.94. The summed E-state index contributed by atoms with van der Waals surface area (Å²) < 4.78 is 5.56. The van der Waals surface area contributed by atoms with Gasteiger partial charge in [0.2, 0.25) is 0 Å². The average molecular weight is 269 g/mol. The topological polar surface area (TPSA) is 39.2 Å². The first-order chi connectivity index (χ1) is 9.60. The molecule has 20 heavy (non-hydrogen) atoms. The Morgan fingerprint density at radius 2 is 1.85 bits per heavy atom. The third-order valence-electron chi connectivity index (χ3n) is 2.97. The minimum absolute atomic E-state index is 0.0330. The van der Waals surface area contributed by atoms with Gasteiger partial charge < -0.3 is 4.74 Å². The molecule has 0 amide bonds. The molecule has 1 aromatic heterocycles. The molecule has 2 aromatic rings. The number of hydrogen-bond acceptors (Lipinski definition) is 3. The molecule has 0 spiro atoms. The van der Waals surface area contributed by atoms with Crippen LogP contribution < -0.4 is 4.74 Å². The van der Waals surface area contributed by atoms with Gasteiger partial charge in [-0.3, -0.25) is 9.78 Å². The molecule has 3 nitrogen and oxygen atoms in total. The van der Waals surface area contributed by atoms with Gasteiger partial charge in [-0.05, 0) is 31.9 Å². The Hall–Kier alpha value is -2.16. The molecule has 104 valence electrons. The van der Waals surface area contributed by atoms with E-state index in [9.17, 15) is 4.79 Å². The molecule has 2 rings (SSSR count). The average Bonchev–Trinajstić information content (AvgIpc) is 2.46. The van der Waals surface area contributed by atoms with Crippen molar-refractivity contribution in [1.29, 1.82) is 0 Å². The van der Waals surface area contributed by atoms with Gasteiger partial charge in [0.15, 0.2) is 5.78 Å². The van der Waals surface area contributed by atoms with Gasteiger partial charge in [-0.15, -0.1) is 0 Å². The molecule has 1 aromatic carbocycles. The summed E-state index contributed by atoms with van der Waals surface area (Å²) in [5.41, 5.74) is 2.44. The fourth-order valence-corrected chi connectivity index (χ4v) is 1.94. The van der Waals surface area contributed by atoms with Crippen LogP contribution in [0.15, 0.2) is 42.7 Å². The zero-order valence-corrected chi connectivity index (χ0v) is 12.1. The van der Waals surface area contributed by atoms with E-state index >= 15 is 0 Å². The second-order valence-electron chi connectivity index (χ2n) is 4.96. The number of nitrogens with zero attached hydrogens (tertiary/aromatic N) is 1. The Bertz CT molecular complexity index is 588. The van der Waals surface area contributed by atoms with Crippen molar-refractivity contribution in [1.82, 2.24) is 4.98 Å². The molecule has 0 aliphatic heterocycles. The van der Waals surface area contributed by atoms with Gasteiger partial charge in [0.1, 0.15) is 5.75 Å². The van der Waals surface area contributed by atoms with Crippen molar-refractivity contribution >= 4 is 5.78 Å². The van der Waals surface area contributed by atoms with Gasteiger partial charge in [0.05, 0.1) is 12.3 Å². The highest BCUT2D eigenvalue weighted by Gasteiger charge is 2.11. The summed E-state index contributed by atoms with van der Waals surface area (Å²) in [4.78, 5) is 16.5. The molecule has 0 atom stereocenters. The van der Waals surface area contributed by atoms with Crippen molar-refractivity contribution in [3.05, 3.63) is 59.4 Å². The number of carbonyl (C=O) groups is 1. The van der Waals surface area contributed by atoms with E-state index in [0.717, 1.165) is 6.42 Å². The lowest BCUT2D eigenvalue weighted by Gasteiger charge is -2.10. The third-order valence-corrected chi connectivity index (χ3v) is 2.97. The second kappa shape index (κ2) is 6.33. The Morgan fingerprint density at radius 3 is 2.45 bits per heavy atom. The summed E-state index contributed by atoms with van der Waals surface area (Å²) in [7, 11) is 0. The number of aryl methyl sites for hydroxylation is 1. The number of hydrogen-bond donors (Lipinski definition) is 0. The van der Waals surface area contributed by atoms with Crippen molar-refractivity contribution in [3.63, 3.8) is 0 Å². The number of carbonyl (C=O) groups excluding carboxylic acids is 1. The molecule has 0 N–H and O–H groups in total. The van der Waals surface area contributed by atoms with Gasteiger partial charge in [0.25, 0.3) is 0 Å². The number of pyridine rings is 1. The highest BCUT2D eigenvalue weighted by atomic mass is 16.5. The summed E-state index contributed by atoms with van der Waals surface area (Å²) >= 11 is 0. The molecule has 0 unspecified atom stereocenters. The van der Waals surface area contributed by atoms with Crippen LogP contribution in [-0.2, 0) is 6.42 Å². The van der Waals surface area contributed by atoms with Crippen LogP contribution in [0.2, 0.25) is 0 Å². The zero-order chi connectivity index (χ0) is 14.5. The number of ether oxygens (including phenoxy) is 1. The summed E-state index contributed by atoms with van der Waals surface area (Å²) in [6.45, 7) is 5.98. The maximum atomic E-state index is 12.4. The standard InChI is InChI=1S/C17H19NO2/c1-4-13-5-7-14(8-6-13)17(19)15-9-16(11-18-10-15)20-12(2)3/h5-12H,4H2,1-3H3. The molecule has 0 saturated carbocycles. The second-order valence-corrected chi connectivity index (χ2v) is 4.96. The zero-order valence-electron chi connectivity index (χ0n) is 12.1. The molecule has 0 bridgehead atoms. The van der Waals surface area contributed by atoms with Crippen molar-refractivity contribution in [2.75, 3.05) is 0 Å². The van der Waals surface area contributed by atoms with E-state index in [2.05, 4.69) is 11.9 Å². The highest BCUT2D eigenvalue weighted by molar-refractivity contribution is 6.08. The largest absolute Gasteiger partial charge is 0.489 e. The smallest absolute Gasteiger partial charge is 0.194 e. The van der Waals surface area contributed by atoms with E-state index < -0.39 is 0 Å². The molecule has 0 aliphatic rings. The van der Waals surface area contributed by atoms with Crippen LogP contribution in [0.5, 0.6) is 5.75 Å². The predicted molar refractivity (Wildman–Crippen MR) is 79.3 cm³/mol. The van der Waals surface area contributed by atoms with Crippen molar-refractivity contribution in [2.45, 2.75) is 33.3 Å². The molecule has 0 aliphatic carbocycles. The van der Waals surface area contributed by atoms with E-state index in [-0.39, 0.29) is 11.9 Å². The monoisotopic (exact) mass is 269 g/mol. The summed E-state index contributed by atoms with van der Waals surface area (Å²) in [5, 5.41) is 0. The maximum absolute atomic E-state index is 12.4. The first-order valence-corrected chi connectivity index (χ1v) is 6.85.